The lowest BCUT2D eigenvalue weighted by atomic mass is 10.5. The second kappa shape index (κ2) is 3.32. The van der Waals surface area contributed by atoms with Crippen LogP contribution in [0.1, 0.15) is 6.92 Å². The first kappa shape index (κ1) is 8.26. The molecule has 0 aliphatic rings. The van der Waals surface area contributed by atoms with Crippen molar-refractivity contribution in [3.05, 3.63) is 9.41 Å². The van der Waals surface area contributed by atoms with E-state index < -0.39 is 12.3 Å². The molecule has 0 heterocycles. The smallest absolute Gasteiger partial charge is 0.205 e. The summed E-state index contributed by atoms with van der Waals surface area (Å²) in [7, 11) is 0. The third-order valence-electron chi connectivity index (χ3n) is 0.521. The van der Waals surface area contributed by atoms with Crippen molar-refractivity contribution in [3.63, 3.8) is 0 Å². The SMILES string of the molecule is CC(I)=C(F)C(F)F. The molecule has 8 heavy (non-hydrogen) atoms. The second-order valence-corrected chi connectivity index (χ2v) is 2.80. The van der Waals surface area contributed by atoms with Crippen LogP contribution >= 0.6 is 22.6 Å². The van der Waals surface area contributed by atoms with Gasteiger partial charge in [-0.1, -0.05) is 0 Å². The van der Waals surface area contributed by atoms with E-state index in [-0.39, 0.29) is 3.58 Å². The summed E-state index contributed by atoms with van der Waals surface area (Å²) in [6.07, 6.45) is -2.95. The molecule has 0 bridgehead atoms. The topological polar surface area (TPSA) is 0 Å². The third-order valence-corrected chi connectivity index (χ3v) is 1.04. The Bertz CT molecular complexity index is 104. The summed E-state index contributed by atoms with van der Waals surface area (Å²) in [6.45, 7) is 1.29. The van der Waals surface area contributed by atoms with Crippen molar-refractivity contribution in [2.24, 2.45) is 0 Å². The average Bonchev–Trinajstić information content (AvgIpc) is 1.64. The second-order valence-electron chi connectivity index (χ2n) is 1.18. The molecule has 0 spiro atoms. The van der Waals surface area contributed by atoms with Crippen LogP contribution in [0.5, 0.6) is 0 Å². The van der Waals surface area contributed by atoms with Gasteiger partial charge in [-0.25, -0.2) is 13.2 Å². The van der Waals surface area contributed by atoms with Crippen molar-refractivity contribution >= 4 is 22.6 Å². The van der Waals surface area contributed by atoms with Gasteiger partial charge < -0.3 is 0 Å². The molecule has 0 rings (SSSR count). The number of rotatable bonds is 1. The average molecular weight is 236 g/mol. The van der Waals surface area contributed by atoms with Crippen LogP contribution in [-0.4, -0.2) is 6.43 Å². The molecule has 0 radical (unpaired) electrons. The van der Waals surface area contributed by atoms with Gasteiger partial charge in [0, 0.05) is 3.58 Å². The zero-order valence-electron chi connectivity index (χ0n) is 4.09. The summed E-state index contributed by atoms with van der Waals surface area (Å²) >= 11 is 1.51. The van der Waals surface area contributed by atoms with E-state index in [9.17, 15) is 13.2 Å². The van der Waals surface area contributed by atoms with E-state index in [2.05, 4.69) is 0 Å². The molecule has 0 aromatic carbocycles. The Kier molecular flexibility index (Phi) is 3.43. The third kappa shape index (κ3) is 2.54. The van der Waals surface area contributed by atoms with Crippen LogP contribution in [-0.2, 0) is 0 Å². The Labute approximate surface area is 58.9 Å². The lowest BCUT2D eigenvalue weighted by Gasteiger charge is -1.92. The molecule has 0 unspecified atom stereocenters. The number of alkyl halides is 2. The highest BCUT2D eigenvalue weighted by Gasteiger charge is 2.11. The number of hydrogen-bond acceptors (Lipinski definition) is 0. The fourth-order valence-electron chi connectivity index (χ4n) is 0.150. The quantitative estimate of drug-likeness (QED) is 0.614. The minimum absolute atomic E-state index is 0.0117. The van der Waals surface area contributed by atoms with Crippen LogP contribution in [0.25, 0.3) is 0 Å². The van der Waals surface area contributed by atoms with Crippen LogP contribution in [0.3, 0.4) is 0 Å². The number of halogens is 4. The molecule has 0 aromatic heterocycles. The zero-order chi connectivity index (χ0) is 6.73. The molecular formula is C4H4F3I. The predicted octanol–water partition coefficient (Wildman–Crippen LogP) is 2.89. The van der Waals surface area contributed by atoms with E-state index in [0.717, 1.165) is 0 Å². The highest BCUT2D eigenvalue weighted by Crippen LogP contribution is 2.18. The van der Waals surface area contributed by atoms with Crippen molar-refractivity contribution < 1.29 is 13.2 Å². The van der Waals surface area contributed by atoms with Crippen LogP contribution in [0.15, 0.2) is 9.41 Å². The van der Waals surface area contributed by atoms with E-state index >= 15 is 0 Å². The fourth-order valence-corrected chi connectivity index (χ4v) is 0.386. The fraction of sp³-hybridized carbons (Fsp3) is 0.500. The molecule has 0 amide bonds. The molecule has 0 saturated heterocycles. The van der Waals surface area contributed by atoms with Crippen molar-refractivity contribution in [2.45, 2.75) is 13.3 Å². The van der Waals surface area contributed by atoms with Gasteiger partial charge in [0.15, 0.2) is 5.83 Å². The van der Waals surface area contributed by atoms with E-state index in [1.54, 1.807) is 0 Å². The van der Waals surface area contributed by atoms with Gasteiger partial charge in [0.25, 0.3) is 6.43 Å². The highest BCUT2D eigenvalue weighted by atomic mass is 127. The Morgan fingerprint density at radius 2 is 1.88 bits per heavy atom. The summed E-state index contributed by atoms with van der Waals surface area (Å²) in [5.74, 6) is -1.33. The molecule has 0 saturated carbocycles. The largest absolute Gasteiger partial charge is 0.290 e. The van der Waals surface area contributed by atoms with Gasteiger partial charge in [-0.2, -0.15) is 0 Å². The van der Waals surface area contributed by atoms with Gasteiger partial charge in [0.1, 0.15) is 0 Å². The molecule has 0 N–H and O–H groups in total. The van der Waals surface area contributed by atoms with Crippen LogP contribution < -0.4 is 0 Å². The molecule has 0 atom stereocenters. The molecular weight excluding hydrogens is 232 g/mol. The molecule has 0 nitrogen and oxygen atoms in total. The minimum atomic E-state index is -2.95. The minimum Gasteiger partial charge on any atom is -0.205 e. The van der Waals surface area contributed by atoms with E-state index in [1.165, 1.54) is 29.5 Å². The van der Waals surface area contributed by atoms with Crippen molar-refractivity contribution in [3.8, 4) is 0 Å². The summed E-state index contributed by atoms with van der Waals surface area (Å²) < 4.78 is 34.3. The summed E-state index contributed by atoms with van der Waals surface area (Å²) in [5, 5.41) is 0. The summed E-state index contributed by atoms with van der Waals surface area (Å²) in [5.41, 5.74) is 0. The first-order valence-corrected chi connectivity index (χ1v) is 2.93. The predicted molar refractivity (Wildman–Crippen MR) is 33.8 cm³/mol. The lowest BCUT2D eigenvalue weighted by Crippen LogP contribution is -1.90. The molecule has 0 aromatic rings. The van der Waals surface area contributed by atoms with E-state index in [4.69, 9.17) is 0 Å². The van der Waals surface area contributed by atoms with Gasteiger partial charge in [0.2, 0.25) is 0 Å². The van der Waals surface area contributed by atoms with Gasteiger partial charge in [-0.3, -0.25) is 0 Å². The normalized spacial score (nSPS) is 14.2. The first-order valence-electron chi connectivity index (χ1n) is 1.85. The van der Waals surface area contributed by atoms with E-state index in [1.807, 2.05) is 0 Å². The van der Waals surface area contributed by atoms with Crippen LogP contribution in [0.2, 0.25) is 0 Å². The maximum absolute atomic E-state index is 11.8. The molecule has 4 heteroatoms. The maximum atomic E-state index is 11.8. The molecule has 0 aliphatic heterocycles. The monoisotopic (exact) mass is 236 g/mol. The lowest BCUT2D eigenvalue weighted by molar-refractivity contribution is 0.158. The van der Waals surface area contributed by atoms with Gasteiger partial charge in [0.05, 0.1) is 0 Å². The standard InChI is InChI=1S/C4H4F3I/c1-2(8)3(5)4(6)7/h4H,1H3. The highest BCUT2D eigenvalue weighted by molar-refractivity contribution is 14.1. The van der Waals surface area contributed by atoms with Crippen molar-refractivity contribution in [1.82, 2.24) is 0 Å². The van der Waals surface area contributed by atoms with Crippen molar-refractivity contribution in [2.75, 3.05) is 0 Å². The first-order chi connectivity index (χ1) is 3.55. The number of allylic oxidation sites excluding steroid dienone is 2. The Balaban J connectivity index is 4.00. The maximum Gasteiger partial charge on any atom is 0.290 e. The van der Waals surface area contributed by atoms with Gasteiger partial charge in [-0.15, -0.1) is 0 Å². The molecule has 0 fully saturated rings. The molecule has 48 valence electrons. The number of hydrogen-bond donors (Lipinski definition) is 0. The Morgan fingerprint density at radius 3 is 1.88 bits per heavy atom. The zero-order valence-corrected chi connectivity index (χ0v) is 6.25. The summed E-state index contributed by atoms with van der Waals surface area (Å²) in [6, 6.07) is 0. The Hall–Kier alpha value is 0.260. The molecule has 0 aliphatic carbocycles. The van der Waals surface area contributed by atoms with Crippen molar-refractivity contribution in [1.29, 1.82) is 0 Å². The van der Waals surface area contributed by atoms with Gasteiger partial charge >= 0.3 is 0 Å². The van der Waals surface area contributed by atoms with E-state index in [0.29, 0.717) is 0 Å². The van der Waals surface area contributed by atoms with Crippen LogP contribution in [0.4, 0.5) is 13.2 Å². The summed E-state index contributed by atoms with van der Waals surface area (Å²) in [4.78, 5) is 0. The van der Waals surface area contributed by atoms with Crippen LogP contribution in [0, 0.1) is 0 Å². The van der Waals surface area contributed by atoms with Gasteiger partial charge in [-0.05, 0) is 29.5 Å². The Morgan fingerprint density at radius 1 is 1.50 bits per heavy atom.